The molecule has 0 heterocycles. The molecule has 2 nitrogen and oxygen atoms in total. The maximum atomic E-state index is 13.1. The van der Waals surface area contributed by atoms with E-state index in [0.29, 0.717) is 17.6 Å². The average Bonchev–Trinajstić information content (AvgIpc) is 2.10. The molecule has 0 saturated heterocycles. The molecule has 76 valence electrons. The van der Waals surface area contributed by atoms with Crippen LogP contribution in [-0.2, 0) is 0 Å². The summed E-state index contributed by atoms with van der Waals surface area (Å²) in [5.41, 5.74) is 0.730. The summed E-state index contributed by atoms with van der Waals surface area (Å²) in [4.78, 5) is 10.6. The van der Waals surface area contributed by atoms with E-state index < -0.39 is 0 Å². The number of aryl methyl sites for hydroxylation is 1. The number of halogens is 1. The third-order valence-corrected chi connectivity index (χ3v) is 1.78. The lowest BCUT2D eigenvalue weighted by Crippen LogP contribution is -2.08. The number of hydrogen-bond donors (Lipinski definition) is 0. The molecule has 0 unspecified atom stereocenters. The van der Waals surface area contributed by atoms with Gasteiger partial charge in [0.25, 0.3) is 0 Å². The molecule has 0 bridgehead atoms. The van der Waals surface area contributed by atoms with Crippen molar-refractivity contribution in [3.63, 3.8) is 0 Å². The van der Waals surface area contributed by atoms with Crippen molar-refractivity contribution in [3.8, 4) is 5.75 Å². The van der Waals surface area contributed by atoms with Gasteiger partial charge >= 0.3 is 0 Å². The highest BCUT2D eigenvalue weighted by Gasteiger charge is 2.08. The van der Waals surface area contributed by atoms with Crippen LogP contribution in [0.2, 0.25) is 0 Å². The quantitative estimate of drug-likeness (QED) is 0.695. The predicted octanol–water partition coefficient (Wildman–Crippen LogP) is 2.73. The van der Waals surface area contributed by atoms with E-state index in [1.165, 1.54) is 6.07 Å². The van der Waals surface area contributed by atoms with E-state index in [-0.39, 0.29) is 17.5 Å². The van der Waals surface area contributed by atoms with E-state index in [1.54, 1.807) is 13.0 Å². The van der Waals surface area contributed by atoms with Crippen LogP contribution in [0.3, 0.4) is 0 Å². The van der Waals surface area contributed by atoms with Gasteiger partial charge in [0.1, 0.15) is 11.6 Å². The largest absolute Gasteiger partial charge is 0.490 e. The zero-order valence-corrected chi connectivity index (χ0v) is 8.50. The molecule has 0 N–H and O–H groups in total. The van der Waals surface area contributed by atoms with E-state index in [9.17, 15) is 9.18 Å². The van der Waals surface area contributed by atoms with Gasteiger partial charge in [0.2, 0.25) is 0 Å². The molecule has 1 aromatic carbocycles. The van der Waals surface area contributed by atoms with Crippen molar-refractivity contribution in [3.05, 3.63) is 29.1 Å². The Balaban J connectivity index is 3.13. The van der Waals surface area contributed by atoms with Crippen LogP contribution in [0.4, 0.5) is 4.39 Å². The second-order valence-electron chi connectivity index (χ2n) is 3.42. The molecule has 0 amide bonds. The lowest BCUT2D eigenvalue weighted by atomic mass is 10.1. The van der Waals surface area contributed by atoms with Crippen LogP contribution >= 0.6 is 0 Å². The lowest BCUT2D eigenvalue weighted by Gasteiger charge is -2.12. The number of aldehydes is 1. The molecule has 0 fully saturated rings. The lowest BCUT2D eigenvalue weighted by molar-refractivity contribution is 0.111. The van der Waals surface area contributed by atoms with E-state index in [0.717, 1.165) is 0 Å². The Labute approximate surface area is 82.7 Å². The van der Waals surface area contributed by atoms with Crippen LogP contribution in [0, 0.1) is 12.7 Å². The number of benzene rings is 1. The Hall–Kier alpha value is -1.38. The molecule has 0 aliphatic heterocycles. The van der Waals surface area contributed by atoms with E-state index in [2.05, 4.69) is 0 Å². The van der Waals surface area contributed by atoms with Crippen LogP contribution in [0.1, 0.15) is 29.8 Å². The standard InChI is InChI=1S/C11H13FO2/c1-7(2)14-11-4-8(3)10(12)5-9(11)6-13/h4-7H,1-3H3. The van der Waals surface area contributed by atoms with Crippen molar-refractivity contribution in [2.24, 2.45) is 0 Å². The second-order valence-corrected chi connectivity index (χ2v) is 3.42. The molecule has 0 aliphatic rings. The van der Waals surface area contributed by atoms with Gasteiger partial charge in [-0.25, -0.2) is 4.39 Å². The maximum absolute atomic E-state index is 13.1. The molecule has 0 atom stereocenters. The minimum Gasteiger partial charge on any atom is -0.490 e. The van der Waals surface area contributed by atoms with Gasteiger partial charge in [-0.05, 0) is 38.5 Å². The molecule has 1 rings (SSSR count). The topological polar surface area (TPSA) is 26.3 Å². The van der Waals surface area contributed by atoms with Crippen molar-refractivity contribution in [2.75, 3.05) is 0 Å². The summed E-state index contributed by atoms with van der Waals surface area (Å²) in [5.74, 6) is 0.0529. The summed E-state index contributed by atoms with van der Waals surface area (Å²) in [6.45, 7) is 5.34. The zero-order chi connectivity index (χ0) is 10.7. The summed E-state index contributed by atoms with van der Waals surface area (Å²) < 4.78 is 18.4. The highest BCUT2D eigenvalue weighted by molar-refractivity contribution is 5.79. The van der Waals surface area contributed by atoms with Crippen molar-refractivity contribution < 1.29 is 13.9 Å². The molecular weight excluding hydrogens is 183 g/mol. The highest BCUT2D eigenvalue weighted by atomic mass is 19.1. The molecule has 3 heteroatoms. The number of hydrogen-bond acceptors (Lipinski definition) is 2. The first kappa shape index (κ1) is 10.7. The Bertz CT molecular complexity index is 345. The molecule has 1 aromatic rings. The van der Waals surface area contributed by atoms with Gasteiger partial charge in [-0.15, -0.1) is 0 Å². The van der Waals surface area contributed by atoms with Gasteiger partial charge in [0.15, 0.2) is 6.29 Å². The number of rotatable bonds is 3. The molecule has 0 aromatic heterocycles. The zero-order valence-electron chi connectivity index (χ0n) is 8.50. The molecule has 0 saturated carbocycles. The molecular formula is C11H13FO2. The molecule has 0 aliphatic carbocycles. The Kier molecular flexibility index (Phi) is 3.23. The Morgan fingerprint density at radius 1 is 1.43 bits per heavy atom. The van der Waals surface area contributed by atoms with Crippen molar-refractivity contribution >= 4 is 6.29 Å². The molecule has 14 heavy (non-hydrogen) atoms. The van der Waals surface area contributed by atoms with Gasteiger partial charge in [-0.3, -0.25) is 4.79 Å². The molecule has 0 radical (unpaired) electrons. The van der Waals surface area contributed by atoms with Crippen molar-refractivity contribution in [2.45, 2.75) is 26.9 Å². The normalized spacial score (nSPS) is 10.4. The SMILES string of the molecule is Cc1cc(OC(C)C)c(C=O)cc1F. The minimum atomic E-state index is -0.386. The summed E-state index contributed by atoms with van der Waals surface area (Å²) in [5, 5.41) is 0. The average molecular weight is 196 g/mol. The van der Waals surface area contributed by atoms with E-state index in [4.69, 9.17) is 4.74 Å². The van der Waals surface area contributed by atoms with Crippen LogP contribution < -0.4 is 4.74 Å². The van der Waals surface area contributed by atoms with Gasteiger partial charge in [-0.2, -0.15) is 0 Å². The summed E-state index contributed by atoms with van der Waals surface area (Å²) in [7, 11) is 0. The second kappa shape index (κ2) is 4.22. The van der Waals surface area contributed by atoms with Gasteiger partial charge < -0.3 is 4.74 Å². The van der Waals surface area contributed by atoms with Crippen LogP contribution in [-0.4, -0.2) is 12.4 Å². The summed E-state index contributed by atoms with van der Waals surface area (Å²) in [6.07, 6.45) is 0.568. The predicted molar refractivity (Wildman–Crippen MR) is 52.3 cm³/mol. The third-order valence-electron chi connectivity index (χ3n) is 1.78. The minimum absolute atomic E-state index is 0.0291. The van der Waals surface area contributed by atoms with Gasteiger partial charge in [-0.1, -0.05) is 0 Å². The number of ether oxygens (including phenoxy) is 1. The smallest absolute Gasteiger partial charge is 0.153 e. The van der Waals surface area contributed by atoms with Crippen molar-refractivity contribution in [1.29, 1.82) is 0 Å². The van der Waals surface area contributed by atoms with Gasteiger partial charge in [0.05, 0.1) is 11.7 Å². The van der Waals surface area contributed by atoms with Crippen LogP contribution in [0.5, 0.6) is 5.75 Å². The van der Waals surface area contributed by atoms with E-state index in [1.807, 2.05) is 13.8 Å². The van der Waals surface area contributed by atoms with E-state index >= 15 is 0 Å². The van der Waals surface area contributed by atoms with Gasteiger partial charge in [0, 0.05) is 0 Å². The first-order valence-corrected chi connectivity index (χ1v) is 4.46. The first-order chi connectivity index (χ1) is 6.54. The monoisotopic (exact) mass is 196 g/mol. The number of carbonyl (C=O) groups is 1. The maximum Gasteiger partial charge on any atom is 0.153 e. The van der Waals surface area contributed by atoms with Crippen LogP contribution in [0.25, 0.3) is 0 Å². The Morgan fingerprint density at radius 3 is 2.57 bits per heavy atom. The molecule has 0 spiro atoms. The third kappa shape index (κ3) is 2.31. The fourth-order valence-electron chi connectivity index (χ4n) is 1.12. The number of carbonyl (C=O) groups excluding carboxylic acids is 1. The summed E-state index contributed by atoms with van der Waals surface area (Å²) in [6, 6.07) is 2.74. The summed E-state index contributed by atoms with van der Waals surface area (Å²) >= 11 is 0. The van der Waals surface area contributed by atoms with Crippen LogP contribution in [0.15, 0.2) is 12.1 Å². The van der Waals surface area contributed by atoms with Crippen molar-refractivity contribution in [1.82, 2.24) is 0 Å². The first-order valence-electron chi connectivity index (χ1n) is 4.46. The fraction of sp³-hybridized carbons (Fsp3) is 0.364. The fourth-order valence-corrected chi connectivity index (χ4v) is 1.12. The Morgan fingerprint density at radius 2 is 2.07 bits per heavy atom. The highest BCUT2D eigenvalue weighted by Crippen LogP contribution is 2.22.